The van der Waals surface area contributed by atoms with E-state index in [9.17, 15) is 4.79 Å². The van der Waals surface area contributed by atoms with Crippen LogP contribution in [0.2, 0.25) is 5.15 Å². The van der Waals surface area contributed by atoms with E-state index in [-0.39, 0.29) is 5.78 Å². The SMILES string of the molecule is Cc1nn(C)c(Cl)c1CC(=O)C=C1CCCCC1. The van der Waals surface area contributed by atoms with Gasteiger partial charge in [-0.15, -0.1) is 0 Å². The van der Waals surface area contributed by atoms with E-state index in [0.717, 1.165) is 24.1 Å². The molecule has 3 nitrogen and oxygen atoms in total. The van der Waals surface area contributed by atoms with Gasteiger partial charge in [-0.25, -0.2) is 0 Å². The Bertz CT molecular complexity index is 480. The number of aromatic nitrogens is 2. The highest BCUT2D eigenvalue weighted by Crippen LogP contribution is 2.24. The summed E-state index contributed by atoms with van der Waals surface area (Å²) in [7, 11) is 1.79. The summed E-state index contributed by atoms with van der Waals surface area (Å²) >= 11 is 6.13. The van der Waals surface area contributed by atoms with Crippen molar-refractivity contribution in [2.24, 2.45) is 7.05 Å². The molecule has 1 aromatic heterocycles. The largest absolute Gasteiger partial charge is 0.294 e. The Morgan fingerprint density at radius 2 is 2.06 bits per heavy atom. The summed E-state index contributed by atoms with van der Waals surface area (Å²) in [6.07, 6.45) is 8.05. The van der Waals surface area contributed by atoms with E-state index in [1.54, 1.807) is 11.7 Å². The highest BCUT2D eigenvalue weighted by Gasteiger charge is 2.15. The first-order valence-electron chi connectivity index (χ1n) is 6.48. The molecule has 18 heavy (non-hydrogen) atoms. The summed E-state index contributed by atoms with van der Waals surface area (Å²) in [5, 5.41) is 4.79. The first-order valence-corrected chi connectivity index (χ1v) is 6.86. The number of carbonyl (C=O) groups is 1. The van der Waals surface area contributed by atoms with Crippen molar-refractivity contribution in [3.05, 3.63) is 28.1 Å². The van der Waals surface area contributed by atoms with Crippen LogP contribution in [0, 0.1) is 6.92 Å². The predicted molar refractivity (Wildman–Crippen MR) is 72.8 cm³/mol. The fourth-order valence-corrected chi connectivity index (χ4v) is 2.72. The van der Waals surface area contributed by atoms with Gasteiger partial charge in [0.2, 0.25) is 0 Å². The van der Waals surface area contributed by atoms with Gasteiger partial charge in [0.15, 0.2) is 5.78 Å². The lowest BCUT2D eigenvalue weighted by atomic mass is 9.93. The zero-order chi connectivity index (χ0) is 13.1. The Morgan fingerprint density at radius 3 is 2.61 bits per heavy atom. The molecule has 0 saturated heterocycles. The van der Waals surface area contributed by atoms with Gasteiger partial charge in [-0.1, -0.05) is 23.6 Å². The minimum absolute atomic E-state index is 0.143. The molecule has 0 aliphatic heterocycles. The number of halogens is 1. The molecule has 1 aromatic rings. The molecule has 0 aromatic carbocycles. The number of hydrogen-bond donors (Lipinski definition) is 0. The van der Waals surface area contributed by atoms with Gasteiger partial charge >= 0.3 is 0 Å². The number of carbonyl (C=O) groups excluding carboxylic acids is 1. The monoisotopic (exact) mass is 266 g/mol. The van der Waals surface area contributed by atoms with Gasteiger partial charge in [0, 0.05) is 19.0 Å². The lowest BCUT2D eigenvalue weighted by Crippen LogP contribution is -2.03. The number of hydrogen-bond acceptors (Lipinski definition) is 2. The molecule has 1 aliphatic carbocycles. The molecule has 98 valence electrons. The first kappa shape index (κ1) is 13.3. The summed E-state index contributed by atoms with van der Waals surface area (Å²) in [6, 6.07) is 0. The topological polar surface area (TPSA) is 34.9 Å². The molecule has 0 radical (unpaired) electrons. The maximum absolute atomic E-state index is 12.0. The van der Waals surface area contributed by atoms with Crippen molar-refractivity contribution in [3.8, 4) is 0 Å². The Morgan fingerprint density at radius 1 is 1.39 bits per heavy atom. The third-order valence-electron chi connectivity index (χ3n) is 3.48. The fourth-order valence-electron chi connectivity index (χ4n) is 2.48. The Labute approximate surface area is 113 Å². The number of rotatable bonds is 3. The highest BCUT2D eigenvalue weighted by atomic mass is 35.5. The van der Waals surface area contributed by atoms with Gasteiger partial charge in [-0.2, -0.15) is 5.10 Å². The molecule has 1 fully saturated rings. The highest BCUT2D eigenvalue weighted by molar-refractivity contribution is 6.30. The van der Waals surface area contributed by atoms with Crippen LogP contribution in [0.15, 0.2) is 11.6 Å². The second-order valence-electron chi connectivity index (χ2n) is 4.98. The minimum Gasteiger partial charge on any atom is -0.294 e. The van der Waals surface area contributed by atoms with Crippen molar-refractivity contribution < 1.29 is 4.79 Å². The molecule has 0 N–H and O–H groups in total. The van der Waals surface area contributed by atoms with Crippen LogP contribution in [0.4, 0.5) is 0 Å². The van der Waals surface area contributed by atoms with Crippen molar-refractivity contribution in [2.75, 3.05) is 0 Å². The summed E-state index contributed by atoms with van der Waals surface area (Å²) in [4.78, 5) is 12.0. The lowest BCUT2D eigenvalue weighted by molar-refractivity contribution is -0.114. The molecule has 0 unspecified atom stereocenters. The number of ketones is 1. The van der Waals surface area contributed by atoms with Crippen molar-refractivity contribution >= 4 is 17.4 Å². The third-order valence-corrected chi connectivity index (χ3v) is 3.95. The molecular formula is C14H19ClN2O. The van der Waals surface area contributed by atoms with Crippen LogP contribution < -0.4 is 0 Å². The van der Waals surface area contributed by atoms with E-state index in [2.05, 4.69) is 5.10 Å². The van der Waals surface area contributed by atoms with Crippen molar-refractivity contribution in [1.29, 1.82) is 0 Å². The second kappa shape index (κ2) is 5.70. The van der Waals surface area contributed by atoms with Crippen LogP contribution in [-0.4, -0.2) is 15.6 Å². The summed E-state index contributed by atoms with van der Waals surface area (Å²) in [5.41, 5.74) is 3.00. The van der Waals surface area contributed by atoms with Gasteiger partial charge in [-0.3, -0.25) is 9.48 Å². The van der Waals surface area contributed by atoms with E-state index in [4.69, 9.17) is 11.6 Å². The summed E-state index contributed by atoms with van der Waals surface area (Å²) < 4.78 is 1.62. The van der Waals surface area contributed by atoms with Crippen LogP contribution in [-0.2, 0) is 18.3 Å². The standard InChI is InChI=1S/C14H19ClN2O/c1-10-13(14(15)17(2)16-10)9-12(18)8-11-6-4-3-5-7-11/h8H,3-7,9H2,1-2H3. The van der Waals surface area contributed by atoms with Crippen LogP contribution in [0.1, 0.15) is 43.4 Å². The van der Waals surface area contributed by atoms with Crippen molar-refractivity contribution in [3.63, 3.8) is 0 Å². The van der Waals surface area contributed by atoms with Gasteiger partial charge < -0.3 is 0 Å². The molecule has 0 amide bonds. The molecule has 1 saturated carbocycles. The van der Waals surface area contributed by atoms with Gasteiger partial charge in [-0.05, 0) is 38.7 Å². The van der Waals surface area contributed by atoms with Crippen LogP contribution in [0.3, 0.4) is 0 Å². The van der Waals surface area contributed by atoms with Crippen LogP contribution in [0.25, 0.3) is 0 Å². The predicted octanol–water partition coefficient (Wildman–Crippen LogP) is 3.38. The number of aryl methyl sites for hydroxylation is 2. The Hall–Kier alpha value is -1.09. The molecule has 0 spiro atoms. The Balaban J connectivity index is 2.07. The van der Waals surface area contributed by atoms with E-state index in [1.807, 2.05) is 13.0 Å². The molecular weight excluding hydrogens is 248 g/mol. The third kappa shape index (κ3) is 3.02. The smallest absolute Gasteiger partial charge is 0.160 e. The lowest BCUT2D eigenvalue weighted by Gasteiger charge is -2.12. The Kier molecular flexibility index (Phi) is 4.23. The molecule has 1 heterocycles. The van der Waals surface area contributed by atoms with Crippen LogP contribution in [0.5, 0.6) is 0 Å². The first-order chi connectivity index (χ1) is 8.58. The number of allylic oxidation sites excluding steroid dienone is 2. The van der Waals surface area contributed by atoms with E-state index >= 15 is 0 Å². The zero-order valence-electron chi connectivity index (χ0n) is 11.0. The average Bonchev–Trinajstić information content (AvgIpc) is 2.57. The zero-order valence-corrected chi connectivity index (χ0v) is 11.8. The fraction of sp³-hybridized carbons (Fsp3) is 0.571. The van der Waals surface area contributed by atoms with Gasteiger partial charge in [0.05, 0.1) is 5.69 Å². The van der Waals surface area contributed by atoms with Crippen molar-refractivity contribution in [2.45, 2.75) is 45.4 Å². The molecule has 4 heteroatoms. The molecule has 0 bridgehead atoms. The van der Waals surface area contributed by atoms with Crippen molar-refractivity contribution in [1.82, 2.24) is 9.78 Å². The normalized spacial score (nSPS) is 15.8. The maximum Gasteiger partial charge on any atom is 0.160 e. The van der Waals surface area contributed by atoms with E-state index in [1.165, 1.54) is 24.8 Å². The number of nitrogens with zero attached hydrogens (tertiary/aromatic N) is 2. The molecule has 0 atom stereocenters. The minimum atomic E-state index is 0.143. The van der Waals surface area contributed by atoms with Gasteiger partial charge in [0.25, 0.3) is 0 Å². The summed E-state index contributed by atoms with van der Waals surface area (Å²) in [5.74, 6) is 0.143. The molecule has 1 aliphatic rings. The summed E-state index contributed by atoms with van der Waals surface area (Å²) in [6.45, 7) is 1.89. The van der Waals surface area contributed by atoms with Gasteiger partial charge in [0.1, 0.15) is 5.15 Å². The maximum atomic E-state index is 12.0. The van der Waals surface area contributed by atoms with E-state index in [0.29, 0.717) is 11.6 Å². The quantitative estimate of drug-likeness (QED) is 0.786. The average molecular weight is 267 g/mol. The van der Waals surface area contributed by atoms with Crippen LogP contribution >= 0.6 is 11.6 Å². The van der Waals surface area contributed by atoms with E-state index < -0.39 is 0 Å². The second-order valence-corrected chi connectivity index (χ2v) is 5.34. The molecule has 2 rings (SSSR count).